The van der Waals surface area contributed by atoms with Gasteiger partial charge in [0.1, 0.15) is 0 Å². The second-order valence-corrected chi connectivity index (χ2v) is 9.14. The molecular weight excluding hydrogens is 427 g/mol. The van der Waals surface area contributed by atoms with Crippen LogP contribution in [0.15, 0.2) is 60.7 Å². The van der Waals surface area contributed by atoms with Crippen LogP contribution in [-0.4, -0.2) is 0 Å². The first-order valence-electron chi connectivity index (χ1n) is 9.29. The van der Waals surface area contributed by atoms with Crippen LogP contribution in [0.25, 0.3) is 28.3 Å². The van der Waals surface area contributed by atoms with Crippen molar-refractivity contribution in [2.45, 2.75) is 32.1 Å². The minimum absolute atomic E-state index is 0.0522. The largest absolute Gasteiger partial charge is 0.0836 e. The van der Waals surface area contributed by atoms with Gasteiger partial charge in [0.25, 0.3) is 0 Å². The van der Waals surface area contributed by atoms with Crippen LogP contribution in [0.1, 0.15) is 42.5 Å². The molecule has 0 radical (unpaired) electrons. The van der Waals surface area contributed by atoms with Gasteiger partial charge in [0.15, 0.2) is 0 Å². The SMILES string of the molecule is CC1(C)c2cc(I)ccc2-c2ccc(-c3cccc4c3CCC=C4)cc21. The number of hydrogen-bond donors (Lipinski definition) is 0. The first-order chi connectivity index (χ1) is 12.6. The van der Waals surface area contributed by atoms with Crippen molar-refractivity contribution in [2.75, 3.05) is 0 Å². The molecule has 0 aliphatic heterocycles. The zero-order chi connectivity index (χ0) is 17.9. The Morgan fingerprint density at radius 1 is 0.846 bits per heavy atom. The van der Waals surface area contributed by atoms with Gasteiger partial charge in [0.2, 0.25) is 0 Å². The molecule has 0 bridgehead atoms. The van der Waals surface area contributed by atoms with Crippen molar-refractivity contribution in [1.82, 2.24) is 0 Å². The quantitative estimate of drug-likeness (QED) is 0.345. The van der Waals surface area contributed by atoms with Crippen LogP contribution in [0.5, 0.6) is 0 Å². The van der Waals surface area contributed by atoms with Crippen molar-refractivity contribution in [3.63, 3.8) is 0 Å². The third-order valence-electron chi connectivity index (χ3n) is 6.02. The Hall–Kier alpha value is -1.87. The maximum atomic E-state index is 2.44. The van der Waals surface area contributed by atoms with Crippen molar-refractivity contribution in [3.05, 3.63) is 86.5 Å². The Labute approximate surface area is 169 Å². The van der Waals surface area contributed by atoms with Crippen molar-refractivity contribution in [2.24, 2.45) is 0 Å². The van der Waals surface area contributed by atoms with E-state index in [-0.39, 0.29) is 5.41 Å². The summed E-state index contributed by atoms with van der Waals surface area (Å²) in [7, 11) is 0. The first kappa shape index (κ1) is 16.3. The van der Waals surface area contributed by atoms with Gasteiger partial charge in [-0.2, -0.15) is 0 Å². The molecule has 0 nitrogen and oxygen atoms in total. The number of fused-ring (bicyclic) bond motifs is 4. The predicted molar refractivity (Wildman–Crippen MR) is 120 cm³/mol. The summed E-state index contributed by atoms with van der Waals surface area (Å²) in [6, 6.07) is 20.7. The lowest BCUT2D eigenvalue weighted by molar-refractivity contribution is 0.660. The third kappa shape index (κ3) is 2.33. The Kier molecular flexibility index (Phi) is 3.65. The third-order valence-corrected chi connectivity index (χ3v) is 6.69. The fraction of sp³-hybridized carbons (Fsp3) is 0.200. The first-order valence-corrected chi connectivity index (χ1v) is 10.4. The molecule has 0 aromatic heterocycles. The molecule has 128 valence electrons. The van der Waals surface area contributed by atoms with Crippen LogP contribution in [-0.2, 0) is 11.8 Å². The maximum absolute atomic E-state index is 2.44. The molecular formula is C25H21I. The minimum Gasteiger partial charge on any atom is -0.0836 e. The van der Waals surface area contributed by atoms with Crippen molar-refractivity contribution >= 4 is 28.7 Å². The fourth-order valence-corrected chi connectivity index (χ4v) is 5.12. The van der Waals surface area contributed by atoms with E-state index in [0.717, 1.165) is 12.8 Å². The normalized spacial score (nSPS) is 16.1. The Balaban J connectivity index is 1.71. The van der Waals surface area contributed by atoms with Crippen LogP contribution < -0.4 is 0 Å². The maximum Gasteiger partial charge on any atom is 0.0159 e. The average Bonchev–Trinajstić information content (AvgIpc) is 2.88. The van der Waals surface area contributed by atoms with E-state index in [1.807, 2.05) is 0 Å². The van der Waals surface area contributed by atoms with Gasteiger partial charge in [-0.25, -0.2) is 0 Å². The topological polar surface area (TPSA) is 0 Å². The van der Waals surface area contributed by atoms with Crippen molar-refractivity contribution in [3.8, 4) is 22.3 Å². The van der Waals surface area contributed by atoms with Gasteiger partial charge < -0.3 is 0 Å². The number of rotatable bonds is 1. The zero-order valence-electron chi connectivity index (χ0n) is 15.1. The molecule has 0 spiro atoms. The van der Waals surface area contributed by atoms with Crippen LogP contribution >= 0.6 is 22.6 Å². The van der Waals surface area contributed by atoms with Gasteiger partial charge in [-0.05, 0) is 98.1 Å². The Morgan fingerprint density at radius 3 is 2.46 bits per heavy atom. The predicted octanol–water partition coefficient (Wildman–Crippen LogP) is 7.22. The average molecular weight is 448 g/mol. The van der Waals surface area contributed by atoms with E-state index < -0.39 is 0 Å². The highest BCUT2D eigenvalue weighted by Gasteiger charge is 2.35. The zero-order valence-corrected chi connectivity index (χ0v) is 17.3. The number of allylic oxidation sites excluding steroid dienone is 1. The summed E-state index contributed by atoms with van der Waals surface area (Å²) in [5.41, 5.74) is 11.4. The molecule has 0 heterocycles. The van der Waals surface area contributed by atoms with Crippen molar-refractivity contribution < 1.29 is 0 Å². The Bertz CT molecular complexity index is 1070. The van der Waals surface area contributed by atoms with E-state index in [0.29, 0.717) is 0 Å². The molecule has 0 fully saturated rings. The standard InChI is InChI=1S/C25H21I/c1-25(2)23-14-17(20-9-5-7-16-6-3-4-8-19(16)20)10-12-21(23)22-13-11-18(26)15-24(22)25/h3,5-7,9-15H,4,8H2,1-2H3. The van der Waals surface area contributed by atoms with E-state index in [4.69, 9.17) is 0 Å². The molecule has 5 rings (SSSR count). The minimum atomic E-state index is 0.0522. The van der Waals surface area contributed by atoms with Gasteiger partial charge in [-0.15, -0.1) is 0 Å². The molecule has 2 aliphatic rings. The molecule has 0 saturated carbocycles. The number of hydrogen-bond acceptors (Lipinski definition) is 0. The van der Waals surface area contributed by atoms with E-state index in [1.165, 1.54) is 48.1 Å². The van der Waals surface area contributed by atoms with Crippen LogP contribution in [0.3, 0.4) is 0 Å². The molecule has 26 heavy (non-hydrogen) atoms. The molecule has 2 aliphatic carbocycles. The summed E-state index contributed by atoms with van der Waals surface area (Å²) in [6.07, 6.45) is 6.85. The van der Waals surface area contributed by atoms with Crippen LogP contribution in [0.2, 0.25) is 0 Å². The van der Waals surface area contributed by atoms with Crippen LogP contribution in [0.4, 0.5) is 0 Å². The second kappa shape index (κ2) is 5.82. The summed E-state index contributed by atoms with van der Waals surface area (Å²) >= 11 is 2.42. The number of halogens is 1. The van der Waals surface area contributed by atoms with E-state index in [9.17, 15) is 0 Å². The number of benzene rings is 3. The smallest absolute Gasteiger partial charge is 0.0159 e. The molecule has 0 unspecified atom stereocenters. The fourth-order valence-electron chi connectivity index (χ4n) is 4.63. The molecule has 0 N–H and O–H groups in total. The summed E-state index contributed by atoms with van der Waals surface area (Å²) in [5, 5.41) is 0. The van der Waals surface area contributed by atoms with Gasteiger partial charge in [-0.1, -0.05) is 62.4 Å². The highest BCUT2D eigenvalue weighted by molar-refractivity contribution is 14.1. The monoisotopic (exact) mass is 448 g/mol. The lowest BCUT2D eigenvalue weighted by atomic mass is 9.81. The second-order valence-electron chi connectivity index (χ2n) is 7.89. The summed E-state index contributed by atoms with van der Waals surface area (Å²) in [5.74, 6) is 0. The molecule has 0 atom stereocenters. The van der Waals surface area contributed by atoms with E-state index >= 15 is 0 Å². The molecule has 1 heteroatoms. The highest BCUT2D eigenvalue weighted by atomic mass is 127. The highest BCUT2D eigenvalue weighted by Crippen LogP contribution is 2.50. The van der Waals surface area contributed by atoms with Crippen LogP contribution in [0, 0.1) is 3.57 Å². The van der Waals surface area contributed by atoms with E-state index in [2.05, 4.69) is 103 Å². The van der Waals surface area contributed by atoms with Gasteiger partial charge >= 0.3 is 0 Å². The lowest BCUT2D eigenvalue weighted by Crippen LogP contribution is -2.15. The van der Waals surface area contributed by atoms with E-state index in [1.54, 1.807) is 0 Å². The van der Waals surface area contributed by atoms with Crippen molar-refractivity contribution in [1.29, 1.82) is 0 Å². The molecule has 0 saturated heterocycles. The summed E-state index contributed by atoms with van der Waals surface area (Å²) < 4.78 is 1.31. The molecule has 0 amide bonds. The Morgan fingerprint density at radius 2 is 1.62 bits per heavy atom. The molecule has 3 aromatic carbocycles. The van der Waals surface area contributed by atoms with Gasteiger partial charge in [-0.3, -0.25) is 0 Å². The van der Waals surface area contributed by atoms with Gasteiger partial charge in [0.05, 0.1) is 0 Å². The summed E-state index contributed by atoms with van der Waals surface area (Å²) in [4.78, 5) is 0. The summed E-state index contributed by atoms with van der Waals surface area (Å²) in [6.45, 7) is 4.72. The molecule has 3 aromatic rings. The van der Waals surface area contributed by atoms with Gasteiger partial charge in [0, 0.05) is 8.99 Å². The lowest BCUT2D eigenvalue weighted by Gasteiger charge is -2.23.